The summed E-state index contributed by atoms with van der Waals surface area (Å²) >= 11 is 0. The Morgan fingerprint density at radius 3 is 1.08 bits per heavy atom. The Morgan fingerprint density at radius 1 is 0.667 bits per heavy atom. The first-order valence-corrected chi connectivity index (χ1v) is 12.2. The Hall–Kier alpha value is 0.620. The monoisotopic (exact) mass is 380 g/mol. The van der Waals surface area contributed by atoms with E-state index in [0.717, 1.165) is 26.2 Å². The Morgan fingerprint density at radius 2 is 0.875 bits per heavy atom. The zero-order valence-electron chi connectivity index (χ0n) is 17.0. The first kappa shape index (κ1) is 20.9. The summed E-state index contributed by atoms with van der Waals surface area (Å²) in [5.74, 6) is 0. The van der Waals surface area contributed by atoms with Gasteiger partial charge in [0.25, 0.3) is 5.40 Å². The molecule has 2 rings (SSSR count). The van der Waals surface area contributed by atoms with E-state index in [1.165, 1.54) is 0 Å². The van der Waals surface area contributed by atoms with Gasteiger partial charge in [-0.25, -0.2) is 9.79 Å². The fraction of sp³-hybridized carbons (Fsp3) is 1.00. The summed E-state index contributed by atoms with van der Waals surface area (Å²) in [5.41, 5.74) is 0.283. The molecule has 2 aliphatic rings. The van der Waals surface area contributed by atoms with E-state index < -0.39 is 15.6 Å². The predicted octanol–water partition coefficient (Wildman–Crippen LogP) is 2.65. The van der Waals surface area contributed by atoms with Crippen molar-refractivity contribution in [1.29, 1.82) is 0 Å². The Labute approximate surface area is 149 Å². The summed E-state index contributed by atoms with van der Waals surface area (Å²) in [6.07, 6.45) is 0. The van der Waals surface area contributed by atoms with Crippen LogP contribution in [0.25, 0.3) is 0 Å². The van der Waals surface area contributed by atoms with Crippen molar-refractivity contribution in [3.8, 4) is 0 Å². The topological polar surface area (TPSA) is 53.4 Å². The lowest BCUT2D eigenvalue weighted by atomic mass is 9.93. The van der Waals surface area contributed by atoms with Crippen LogP contribution in [0.15, 0.2) is 0 Å². The first-order valence-electron chi connectivity index (χ1n) is 8.76. The van der Waals surface area contributed by atoms with Gasteiger partial charge in [-0.3, -0.25) is 0 Å². The molecule has 0 aliphatic carbocycles. The first-order chi connectivity index (χ1) is 10.7. The van der Waals surface area contributed by atoms with E-state index in [4.69, 9.17) is 0 Å². The van der Waals surface area contributed by atoms with Crippen molar-refractivity contribution >= 4 is 15.6 Å². The number of hydrogen-bond donors (Lipinski definition) is 2. The van der Waals surface area contributed by atoms with Gasteiger partial charge in [-0.15, -0.1) is 18.7 Å². The molecule has 2 aliphatic heterocycles. The lowest BCUT2D eigenvalue weighted by Crippen LogP contribution is -2.56. The fourth-order valence-corrected chi connectivity index (χ4v) is 14.3. The van der Waals surface area contributed by atoms with Crippen LogP contribution >= 0.6 is 15.6 Å². The van der Waals surface area contributed by atoms with E-state index in [-0.39, 0.29) is 16.2 Å². The minimum atomic E-state index is -2.58. The Bertz CT molecular complexity index is 419. The standard InChI is InChI=1S/C16H38N4O2P2/c1-14(23(21)17(6)10-15(2,3)11-18(23)7)24(22)19(8)12-16(4,5)13-20(24)9/h14,21-22H,10-13H2,1-9H3/q+2. The molecule has 0 bridgehead atoms. The van der Waals surface area contributed by atoms with Gasteiger partial charge in [-0.2, -0.15) is 0 Å². The Balaban J connectivity index is 2.37. The van der Waals surface area contributed by atoms with Crippen molar-refractivity contribution in [2.24, 2.45) is 10.8 Å². The predicted molar refractivity (Wildman–Crippen MR) is 106 cm³/mol. The van der Waals surface area contributed by atoms with Crippen molar-refractivity contribution in [2.45, 2.75) is 40.0 Å². The SMILES string of the molecule is CC([P+]1(O)N(C)CC(C)(C)CN1C)[P+]1(O)N(C)CC(C)(C)CN1C. The zero-order chi connectivity index (χ0) is 18.7. The van der Waals surface area contributed by atoms with Gasteiger partial charge in [0.15, 0.2) is 0 Å². The maximum absolute atomic E-state index is 11.8. The van der Waals surface area contributed by atoms with Gasteiger partial charge in [-0.05, 0) is 10.8 Å². The second-order valence-corrected chi connectivity index (χ2v) is 16.6. The second-order valence-electron chi connectivity index (χ2n) is 9.45. The van der Waals surface area contributed by atoms with Crippen molar-refractivity contribution in [3.05, 3.63) is 0 Å². The van der Waals surface area contributed by atoms with Crippen LogP contribution in [0.4, 0.5) is 0 Å². The van der Waals surface area contributed by atoms with E-state index in [9.17, 15) is 9.79 Å². The third-order valence-electron chi connectivity index (χ3n) is 5.64. The molecule has 2 heterocycles. The second kappa shape index (κ2) is 6.35. The third kappa shape index (κ3) is 3.30. The lowest BCUT2D eigenvalue weighted by molar-refractivity contribution is 0.157. The molecule has 0 unspecified atom stereocenters. The minimum absolute atomic E-state index is 0.142. The molecule has 0 aromatic carbocycles. The molecule has 0 radical (unpaired) electrons. The molecule has 6 nitrogen and oxygen atoms in total. The molecule has 0 aromatic rings. The highest BCUT2D eigenvalue weighted by atomic mass is 31.3. The number of rotatable bonds is 2. The van der Waals surface area contributed by atoms with Crippen LogP contribution in [0, 0.1) is 10.8 Å². The van der Waals surface area contributed by atoms with Crippen LogP contribution < -0.4 is 0 Å². The molecule has 0 saturated carbocycles. The highest BCUT2D eigenvalue weighted by molar-refractivity contribution is 7.83. The molecule has 0 aromatic heterocycles. The van der Waals surface area contributed by atoms with Crippen molar-refractivity contribution < 1.29 is 9.79 Å². The molecule has 24 heavy (non-hydrogen) atoms. The molecular weight excluding hydrogens is 342 g/mol. The van der Waals surface area contributed by atoms with Gasteiger partial charge in [0.1, 0.15) is 0 Å². The van der Waals surface area contributed by atoms with E-state index >= 15 is 0 Å². The third-order valence-corrected chi connectivity index (χ3v) is 14.1. The molecule has 142 valence electrons. The number of hydrogen-bond acceptors (Lipinski definition) is 6. The van der Waals surface area contributed by atoms with E-state index in [1.54, 1.807) is 0 Å². The molecule has 2 saturated heterocycles. The summed E-state index contributed by atoms with van der Waals surface area (Å²) in [6.45, 7) is 14.4. The van der Waals surface area contributed by atoms with Crippen molar-refractivity contribution in [2.75, 3.05) is 54.4 Å². The van der Waals surface area contributed by atoms with Crippen LogP contribution in [0.3, 0.4) is 0 Å². The quantitative estimate of drug-likeness (QED) is 0.719. The van der Waals surface area contributed by atoms with Crippen molar-refractivity contribution in [3.63, 3.8) is 0 Å². The minimum Gasteiger partial charge on any atom is -0.209 e. The molecular formula is C16H38N4O2P2+2. The maximum atomic E-state index is 11.8. The average Bonchev–Trinajstić information content (AvgIpc) is 2.39. The molecule has 2 N–H and O–H groups in total. The molecule has 0 atom stereocenters. The van der Waals surface area contributed by atoms with Crippen LogP contribution in [-0.2, 0) is 0 Å². The van der Waals surface area contributed by atoms with Gasteiger partial charge < -0.3 is 0 Å². The summed E-state index contributed by atoms with van der Waals surface area (Å²) in [5, 5.41) is -0.179. The largest absolute Gasteiger partial charge is 0.332 e. The van der Waals surface area contributed by atoms with Gasteiger partial charge >= 0.3 is 15.6 Å². The summed E-state index contributed by atoms with van der Waals surface area (Å²) in [6, 6.07) is 0. The van der Waals surface area contributed by atoms with Gasteiger partial charge in [0.05, 0.1) is 0 Å². The zero-order valence-corrected chi connectivity index (χ0v) is 18.8. The molecule has 8 heteroatoms. The van der Waals surface area contributed by atoms with Crippen LogP contribution in [-0.4, -0.2) is 88.2 Å². The fourth-order valence-electron chi connectivity index (χ4n) is 4.86. The molecule has 2 fully saturated rings. The smallest absolute Gasteiger partial charge is 0.209 e. The van der Waals surface area contributed by atoms with Crippen LogP contribution in [0.2, 0.25) is 0 Å². The van der Waals surface area contributed by atoms with E-state index in [2.05, 4.69) is 53.3 Å². The summed E-state index contributed by atoms with van der Waals surface area (Å²) < 4.78 is 8.50. The summed E-state index contributed by atoms with van der Waals surface area (Å²) in [4.78, 5) is 23.5. The van der Waals surface area contributed by atoms with E-state index in [1.807, 2.05) is 28.2 Å². The lowest BCUT2D eigenvalue weighted by Gasteiger charge is -2.51. The number of nitrogens with zero attached hydrogens (tertiary/aromatic N) is 4. The van der Waals surface area contributed by atoms with E-state index in [0.29, 0.717) is 0 Å². The normalized spacial score (nSPS) is 31.5. The van der Waals surface area contributed by atoms with Crippen LogP contribution in [0.5, 0.6) is 0 Å². The van der Waals surface area contributed by atoms with Gasteiger partial charge in [0, 0.05) is 61.3 Å². The average molecular weight is 380 g/mol. The summed E-state index contributed by atoms with van der Waals surface area (Å²) in [7, 11) is 2.89. The molecule has 0 amide bonds. The van der Waals surface area contributed by atoms with Crippen LogP contribution in [0.1, 0.15) is 34.6 Å². The molecule has 0 spiro atoms. The Kier molecular flexibility index (Phi) is 5.54. The van der Waals surface area contributed by atoms with Crippen molar-refractivity contribution in [1.82, 2.24) is 18.7 Å². The highest BCUT2D eigenvalue weighted by Crippen LogP contribution is 2.82. The highest BCUT2D eigenvalue weighted by Gasteiger charge is 2.73. The van der Waals surface area contributed by atoms with Gasteiger partial charge in [-0.1, -0.05) is 27.7 Å². The van der Waals surface area contributed by atoms with Gasteiger partial charge in [0.2, 0.25) is 0 Å². The maximum Gasteiger partial charge on any atom is 0.332 e.